The van der Waals surface area contributed by atoms with Gasteiger partial charge >= 0.3 is 0 Å². The van der Waals surface area contributed by atoms with Crippen molar-refractivity contribution in [3.63, 3.8) is 0 Å². The summed E-state index contributed by atoms with van der Waals surface area (Å²) < 4.78 is 5.85. The highest BCUT2D eigenvalue weighted by Gasteiger charge is 2.27. The third-order valence-corrected chi connectivity index (χ3v) is 3.10. The maximum Gasteiger partial charge on any atom is 0.141 e. The van der Waals surface area contributed by atoms with Crippen LogP contribution in [0.2, 0.25) is 0 Å². The Hall–Kier alpha value is -1.09. The van der Waals surface area contributed by atoms with Gasteiger partial charge in [0, 0.05) is 5.69 Å². The van der Waals surface area contributed by atoms with Crippen molar-refractivity contribution < 1.29 is 9.84 Å². The highest BCUT2D eigenvalue weighted by atomic mass is 16.5. The molecule has 1 heterocycles. The maximum absolute atomic E-state index is 9.72. The van der Waals surface area contributed by atoms with E-state index in [1.165, 1.54) is 0 Å². The van der Waals surface area contributed by atoms with Gasteiger partial charge in [0.05, 0.1) is 11.8 Å². The summed E-state index contributed by atoms with van der Waals surface area (Å²) in [6.07, 6.45) is 3.34. The lowest BCUT2D eigenvalue weighted by molar-refractivity contribution is 0.0595. The van der Waals surface area contributed by atoms with Crippen LogP contribution in [0.3, 0.4) is 0 Å². The summed E-state index contributed by atoms with van der Waals surface area (Å²) in [4.78, 5) is 4.45. The van der Waals surface area contributed by atoms with Crippen molar-refractivity contribution in [1.82, 2.24) is 4.98 Å². The van der Waals surface area contributed by atoms with Gasteiger partial charge in [-0.15, -0.1) is 0 Å². The van der Waals surface area contributed by atoms with E-state index in [2.05, 4.69) is 11.9 Å². The molecule has 0 unspecified atom stereocenters. The third kappa shape index (κ3) is 2.35. The van der Waals surface area contributed by atoms with E-state index in [1.807, 2.05) is 19.1 Å². The number of aliphatic hydroxyl groups excluding tert-OH is 1. The van der Waals surface area contributed by atoms with E-state index in [-0.39, 0.29) is 12.2 Å². The molecule has 0 bridgehead atoms. The number of rotatable bonds is 3. The van der Waals surface area contributed by atoms with Gasteiger partial charge in [0.15, 0.2) is 0 Å². The summed E-state index contributed by atoms with van der Waals surface area (Å²) >= 11 is 0. The summed E-state index contributed by atoms with van der Waals surface area (Å²) in [5, 5.41) is 9.72. The molecule has 1 aromatic heterocycles. The van der Waals surface area contributed by atoms with Crippen molar-refractivity contribution in [3.05, 3.63) is 23.5 Å². The SMILES string of the molecule is CCc1nc(C)ccc1O[C@H]1CCC[C@@H]1O. The molecule has 1 saturated carbocycles. The molecule has 1 N–H and O–H groups in total. The molecule has 3 nitrogen and oxygen atoms in total. The lowest BCUT2D eigenvalue weighted by Crippen LogP contribution is -2.26. The first kappa shape index (κ1) is 11.4. The van der Waals surface area contributed by atoms with Crippen LogP contribution in [-0.2, 0) is 6.42 Å². The fourth-order valence-electron chi connectivity index (χ4n) is 2.17. The first-order valence-corrected chi connectivity index (χ1v) is 6.02. The Kier molecular flexibility index (Phi) is 3.44. The molecule has 1 fully saturated rings. The monoisotopic (exact) mass is 221 g/mol. The van der Waals surface area contributed by atoms with Gasteiger partial charge in [0.2, 0.25) is 0 Å². The average molecular weight is 221 g/mol. The highest BCUT2D eigenvalue weighted by Crippen LogP contribution is 2.26. The Bertz CT molecular complexity index is 365. The predicted molar refractivity (Wildman–Crippen MR) is 62.6 cm³/mol. The second kappa shape index (κ2) is 4.83. The molecule has 1 aromatic rings. The van der Waals surface area contributed by atoms with Crippen molar-refractivity contribution >= 4 is 0 Å². The molecule has 0 spiro atoms. The molecule has 0 radical (unpaired) electrons. The normalized spacial score (nSPS) is 24.7. The molecule has 0 aliphatic heterocycles. The zero-order chi connectivity index (χ0) is 11.5. The van der Waals surface area contributed by atoms with Gasteiger partial charge < -0.3 is 9.84 Å². The maximum atomic E-state index is 9.72. The molecule has 2 rings (SSSR count). The van der Waals surface area contributed by atoms with Crippen molar-refractivity contribution in [1.29, 1.82) is 0 Å². The molecule has 16 heavy (non-hydrogen) atoms. The lowest BCUT2D eigenvalue weighted by atomic mass is 10.2. The van der Waals surface area contributed by atoms with E-state index >= 15 is 0 Å². The molecule has 2 atom stereocenters. The fraction of sp³-hybridized carbons (Fsp3) is 0.615. The highest BCUT2D eigenvalue weighted by molar-refractivity contribution is 5.29. The molecule has 88 valence electrons. The van der Waals surface area contributed by atoms with Crippen LogP contribution in [0.1, 0.15) is 37.6 Å². The molecule has 1 aliphatic rings. The van der Waals surface area contributed by atoms with Crippen LogP contribution in [0.5, 0.6) is 5.75 Å². The summed E-state index contributed by atoms with van der Waals surface area (Å²) in [6.45, 7) is 4.05. The van der Waals surface area contributed by atoms with Crippen molar-refractivity contribution in [2.45, 2.75) is 51.7 Å². The third-order valence-electron chi connectivity index (χ3n) is 3.10. The quantitative estimate of drug-likeness (QED) is 0.851. The first-order chi connectivity index (χ1) is 7.70. The average Bonchev–Trinajstić information content (AvgIpc) is 2.67. The molecule has 0 aromatic carbocycles. The minimum absolute atomic E-state index is 0.0465. The van der Waals surface area contributed by atoms with Gasteiger partial charge in [0.25, 0.3) is 0 Å². The number of hydrogen-bond acceptors (Lipinski definition) is 3. The Labute approximate surface area is 96.5 Å². The van der Waals surface area contributed by atoms with E-state index in [9.17, 15) is 5.11 Å². The zero-order valence-electron chi connectivity index (χ0n) is 9.94. The Balaban J connectivity index is 2.14. The molecule has 1 aliphatic carbocycles. The molecule has 3 heteroatoms. The van der Waals surface area contributed by atoms with Gasteiger partial charge in [-0.1, -0.05) is 6.92 Å². The van der Waals surface area contributed by atoms with Crippen molar-refractivity contribution in [3.8, 4) is 5.75 Å². The number of aryl methyl sites for hydroxylation is 2. The van der Waals surface area contributed by atoms with Crippen molar-refractivity contribution in [2.75, 3.05) is 0 Å². The molecule has 0 saturated heterocycles. The van der Waals surface area contributed by atoms with Crippen LogP contribution in [0.25, 0.3) is 0 Å². The first-order valence-electron chi connectivity index (χ1n) is 6.02. The fourth-order valence-corrected chi connectivity index (χ4v) is 2.17. The molecule has 0 amide bonds. The lowest BCUT2D eigenvalue weighted by Gasteiger charge is -2.18. The topological polar surface area (TPSA) is 42.4 Å². The van der Waals surface area contributed by atoms with Crippen molar-refractivity contribution in [2.24, 2.45) is 0 Å². The zero-order valence-corrected chi connectivity index (χ0v) is 9.94. The Morgan fingerprint density at radius 3 is 2.88 bits per heavy atom. The second-order valence-corrected chi connectivity index (χ2v) is 4.41. The number of aliphatic hydroxyl groups is 1. The Morgan fingerprint density at radius 2 is 2.25 bits per heavy atom. The predicted octanol–water partition coefficient (Wildman–Crippen LogP) is 2.24. The van der Waals surface area contributed by atoms with Crippen LogP contribution in [0.4, 0.5) is 0 Å². The van der Waals surface area contributed by atoms with E-state index in [0.29, 0.717) is 0 Å². The van der Waals surface area contributed by atoms with Gasteiger partial charge in [-0.05, 0) is 44.7 Å². The van der Waals surface area contributed by atoms with Gasteiger partial charge in [-0.3, -0.25) is 4.98 Å². The van der Waals surface area contributed by atoms with Crippen LogP contribution in [0, 0.1) is 6.92 Å². The number of aromatic nitrogens is 1. The minimum Gasteiger partial charge on any atom is -0.486 e. The van der Waals surface area contributed by atoms with E-state index in [0.717, 1.165) is 42.8 Å². The Morgan fingerprint density at radius 1 is 1.44 bits per heavy atom. The summed E-state index contributed by atoms with van der Waals surface area (Å²) in [6, 6.07) is 3.92. The minimum atomic E-state index is -0.314. The standard InChI is InChI=1S/C13H19NO2/c1-3-10-12(8-7-9(2)14-10)16-13-6-4-5-11(13)15/h7-8,11,13,15H,3-6H2,1-2H3/t11-,13-/m0/s1. The summed E-state index contributed by atoms with van der Waals surface area (Å²) in [5.74, 6) is 0.832. The second-order valence-electron chi connectivity index (χ2n) is 4.41. The van der Waals surface area contributed by atoms with Gasteiger partial charge in [-0.2, -0.15) is 0 Å². The number of nitrogens with zero attached hydrogens (tertiary/aromatic N) is 1. The smallest absolute Gasteiger partial charge is 0.141 e. The van der Waals surface area contributed by atoms with E-state index < -0.39 is 0 Å². The van der Waals surface area contributed by atoms with Crippen LogP contribution in [-0.4, -0.2) is 22.3 Å². The summed E-state index contributed by atoms with van der Waals surface area (Å²) in [7, 11) is 0. The van der Waals surface area contributed by atoms with Gasteiger partial charge in [0.1, 0.15) is 11.9 Å². The molecular weight excluding hydrogens is 202 g/mol. The van der Waals surface area contributed by atoms with Crippen LogP contribution < -0.4 is 4.74 Å². The van der Waals surface area contributed by atoms with E-state index in [1.54, 1.807) is 0 Å². The summed E-state index contributed by atoms with van der Waals surface area (Å²) in [5.41, 5.74) is 2.00. The molecular formula is C13H19NO2. The van der Waals surface area contributed by atoms with Crippen LogP contribution >= 0.6 is 0 Å². The number of hydrogen-bond donors (Lipinski definition) is 1. The van der Waals surface area contributed by atoms with E-state index in [4.69, 9.17) is 4.74 Å². The van der Waals surface area contributed by atoms with Gasteiger partial charge in [-0.25, -0.2) is 0 Å². The number of pyridine rings is 1. The largest absolute Gasteiger partial charge is 0.486 e. The van der Waals surface area contributed by atoms with Crippen LogP contribution in [0.15, 0.2) is 12.1 Å². The number of ether oxygens (including phenoxy) is 1.